The fourth-order valence-corrected chi connectivity index (χ4v) is 5.53. The van der Waals surface area contributed by atoms with Crippen LogP contribution in [0.25, 0.3) is 0 Å². The van der Waals surface area contributed by atoms with E-state index in [1.165, 1.54) is 10.4 Å². The van der Waals surface area contributed by atoms with Crippen LogP contribution in [0.15, 0.2) is 41.3 Å². The Balaban J connectivity index is 1.35. The summed E-state index contributed by atoms with van der Waals surface area (Å²) >= 11 is 0. The predicted molar refractivity (Wildman–Crippen MR) is 124 cm³/mol. The molecule has 180 valence electrons. The zero-order valence-electron chi connectivity index (χ0n) is 19.0. The van der Waals surface area contributed by atoms with E-state index < -0.39 is 10.0 Å². The first-order valence-corrected chi connectivity index (χ1v) is 12.3. The van der Waals surface area contributed by atoms with E-state index in [2.05, 4.69) is 10.6 Å². The lowest BCUT2D eigenvalue weighted by Gasteiger charge is -2.34. The standard InChI is InChI=1S/C23H26N4O6S/c1-15-3-5-17(6-4-15)23(30)24-13-22(29)26-7-9-27(10-8-26)34(31,32)20-12-19-18(11-16(20)2)25-21(28)14-33-19/h3-6,11-12H,7-10,13-14H2,1-2H3,(H,24,30)(H,25,28). The van der Waals surface area contributed by atoms with E-state index in [-0.39, 0.29) is 61.9 Å². The van der Waals surface area contributed by atoms with Gasteiger partial charge >= 0.3 is 0 Å². The number of ether oxygens (including phenoxy) is 1. The van der Waals surface area contributed by atoms with Crippen molar-refractivity contribution in [2.24, 2.45) is 0 Å². The van der Waals surface area contributed by atoms with Crippen molar-refractivity contribution >= 4 is 33.4 Å². The Bertz CT molecular complexity index is 1230. The number of aryl methyl sites for hydroxylation is 2. The van der Waals surface area contributed by atoms with Gasteiger partial charge in [0.2, 0.25) is 15.9 Å². The molecule has 0 unspecified atom stereocenters. The van der Waals surface area contributed by atoms with Gasteiger partial charge in [-0.15, -0.1) is 0 Å². The summed E-state index contributed by atoms with van der Waals surface area (Å²) < 4.78 is 33.2. The normalized spacial score (nSPS) is 16.3. The van der Waals surface area contributed by atoms with E-state index in [1.807, 2.05) is 19.1 Å². The van der Waals surface area contributed by atoms with E-state index in [1.54, 1.807) is 30.0 Å². The monoisotopic (exact) mass is 486 g/mol. The summed E-state index contributed by atoms with van der Waals surface area (Å²) in [4.78, 5) is 37.9. The number of sulfonamides is 1. The second-order valence-corrected chi connectivity index (χ2v) is 10.2. The first-order valence-electron chi connectivity index (χ1n) is 10.9. The average Bonchev–Trinajstić information content (AvgIpc) is 2.82. The maximum atomic E-state index is 13.3. The maximum Gasteiger partial charge on any atom is 0.262 e. The molecule has 2 aliphatic rings. The van der Waals surface area contributed by atoms with E-state index in [0.29, 0.717) is 22.6 Å². The number of hydrogen-bond acceptors (Lipinski definition) is 6. The predicted octanol–water partition coefficient (Wildman–Crippen LogP) is 0.897. The molecule has 0 atom stereocenters. The van der Waals surface area contributed by atoms with Crippen molar-refractivity contribution in [3.05, 3.63) is 53.1 Å². The number of fused-ring (bicyclic) bond motifs is 1. The number of carbonyl (C=O) groups is 3. The van der Waals surface area contributed by atoms with E-state index in [4.69, 9.17) is 4.74 Å². The van der Waals surface area contributed by atoms with Gasteiger partial charge in [0.1, 0.15) is 5.75 Å². The molecule has 0 saturated carbocycles. The third kappa shape index (κ3) is 4.90. The highest BCUT2D eigenvalue weighted by Crippen LogP contribution is 2.34. The zero-order chi connectivity index (χ0) is 24.5. The highest BCUT2D eigenvalue weighted by molar-refractivity contribution is 7.89. The number of piperazine rings is 1. The van der Waals surface area contributed by atoms with Crippen molar-refractivity contribution in [3.8, 4) is 5.75 Å². The molecule has 10 nitrogen and oxygen atoms in total. The van der Waals surface area contributed by atoms with Gasteiger partial charge in [0, 0.05) is 37.8 Å². The minimum absolute atomic E-state index is 0.104. The largest absolute Gasteiger partial charge is 0.482 e. The minimum atomic E-state index is -3.82. The van der Waals surface area contributed by atoms with Crippen LogP contribution in [0.3, 0.4) is 0 Å². The summed E-state index contributed by atoms with van der Waals surface area (Å²) in [7, 11) is -3.82. The number of carbonyl (C=O) groups excluding carboxylic acids is 3. The lowest BCUT2D eigenvalue weighted by atomic mass is 10.1. The summed E-state index contributed by atoms with van der Waals surface area (Å²) in [5, 5.41) is 5.28. The Kier molecular flexibility index (Phi) is 6.58. The average molecular weight is 487 g/mol. The minimum Gasteiger partial charge on any atom is -0.482 e. The fraction of sp³-hybridized carbons (Fsp3) is 0.348. The molecule has 4 rings (SSSR count). The van der Waals surface area contributed by atoms with Gasteiger partial charge in [-0.1, -0.05) is 17.7 Å². The molecule has 0 aromatic heterocycles. The van der Waals surface area contributed by atoms with Crippen molar-refractivity contribution in [2.75, 3.05) is 44.6 Å². The van der Waals surface area contributed by atoms with Crippen molar-refractivity contribution in [1.29, 1.82) is 0 Å². The third-order valence-electron chi connectivity index (χ3n) is 5.83. The van der Waals surface area contributed by atoms with Crippen LogP contribution in [-0.4, -0.2) is 74.7 Å². The second kappa shape index (κ2) is 9.43. The van der Waals surface area contributed by atoms with Gasteiger partial charge in [0.25, 0.3) is 11.8 Å². The molecule has 0 bridgehead atoms. The quantitative estimate of drug-likeness (QED) is 0.647. The number of nitrogens with one attached hydrogen (secondary N) is 2. The number of hydrogen-bond donors (Lipinski definition) is 2. The lowest BCUT2D eigenvalue weighted by Crippen LogP contribution is -2.52. The fourth-order valence-electron chi connectivity index (χ4n) is 3.89. The molecular formula is C23H26N4O6S. The molecule has 2 N–H and O–H groups in total. The molecule has 2 aromatic carbocycles. The number of benzene rings is 2. The molecule has 0 radical (unpaired) electrons. The Hall–Kier alpha value is -3.44. The van der Waals surface area contributed by atoms with Crippen molar-refractivity contribution in [3.63, 3.8) is 0 Å². The van der Waals surface area contributed by atoms with Gasteiger partial charge in [-0.2, -0.15) is 4.31 Å². The van der Waals surface area contributed by atoms with Crippen molar-refractivity contribution in [1.82, 2.24) is 14.5 Å². The summed E-state index contributed by atoms with van der Waals surface area (Å²) in [6.45, 7) is 3.95. The van der Waals surface area contributed by atoms with Gasteiger partial charge in [-0.05, 0) is 37.6 Å². The summed E-state index contributed by atoms with van der Waals surface area (Å²) in [6, 6.07) is 10.0. The zero-order valence-corrected chi connectivity index (χ0v) is 19.8. The lowest BCUT2D eigenvalue weighted by molar-refractivity contribution is -0.131. The van der Waals surface area contributed by atoms with Crippen LogP contribution in [-0.2, 0) is 19.6 Å². The molecule has 1 fully saturated rings. The Morgan fingerprint density at radius 3 is 2.41 bits per heavy atom. The van der Waals surface area contributed by atoms with Crippen molar-refractivity contribution in [2.45, 2.75) is 18.7 Å². The van der Waals surface area contributed by atoms with Crippen LogP contribution in [0, 0.1) is 13.8 Å². The number of amides is 3. The highest BCUT2D eigenvalue weighted by Gasteiger charge is 2.32. The topological polar surface area (TPSA) is 125 Å². The highest BCUT2D eigenvalue weighted by atomic mass is 32.2. The molecule has 2 aliphatic heterocycles. The van der Waals surface area contributed by atoms with Crippen LogP contribution in [0.2, 0.25) is 0 Å². The van der Waals surface area contributed by atoms with E-state index in [0.717, 1.165) is 5.56 Å². The molecule has 1 saturated heterocycles. The van der Waals surface area contributed by atoms with Crippen LogP contribution >= 0.6 is 0 Å². The number of nitrogens with zero attached hydrogens (tertiary/aromatic N) is 2. The Labute approximate surface area is 197 Å². The molecule has 2 aromatic rings. The molecule has 2 heterocycles. The summed E-state index contributed by atoms with van der Waals surface area (Å²) in [6.07, 6.45) is 0. The van der Waals surface area contributed by atoms with Crippen LogP contribution in [0.5, 0.6) is 5.75 Å². The number of anilines is 1. The molecule has 34 heavy (non-hydrogen) atoms. The molecule has 3 amide bonds. The molecule has 0 aliphatic carbocycles. The molecule has 0 spiro atoms. The van der Waals surface area contributed by atoms with Crippen LogP contribution in [0.1, 0.15) is 21.5 Å². The Morgan fingerprint density at radius 1 is 1.06 bits per heavy atom. The molecular weight excluding hydrogens is 460 g/mol. The third-order valence-corrected chi connectivity index (χ3v) is 7.87. The first kappa shape index (κ1) is 23.7. The second-order valence-electron chi connectivity index (χ2n) is 8.28. The SMILES string of the molecule is Cc1ccc(C(=O)NCC(=O)N2CCN(S(=O)(=O)c3cc4c(cc3C)NC(=O)CO4)CC2)cc1. The van der Waals surface area contributed by atoms with Crippen LogP contribution < -0.4 is 15.4 Å². The summed E-state index contributed by atoms with van der Waals surface area (Å²) in [5.74, 6) is -0.595. The molecule has 11 heteroatoms. The number of rotatable bonds is 5. The first-order chi connectivity index (χ1) is 16.1. The maximum absolute atomic E-state index is 13.3. The van der Waals surface area contributed by atoms with E-state index in [9.17, 15) is 22.8 Å². The van der Waals surface area contributed by atoms with Gasteiger partial charge < -0.3 is 20.3 Å². The summed E-state index contributed by atoms with van der Waals surface area (Å²) in [5.41, 5.74) is 2.43. The van der Waals surface area contributed by atoms with E-state index >= 15 is 0 Å². The van der Waals surface area contributed by atoms with Gasteiger partial charge in [0.15, 0.2) is 6.61 Å². The van der Waals surface area contributed by atoms with Gasteiger partial charge in [-0.3, -0.25) is 14.4 Å². The van der Waals surface area contributed by atoms with Crippen LogP contribution in [0.4, 0.5) is 5.69 Å². The van der Waals surface area contributed by atoms with Gasteiger partial charge in [-0.25, -0.2) is 8.42 Å². The van der Waals surface area contributed by atoms with Gasteiger partial charge in [0.05, 0.1) is 17.1 Å². The Morgan fingerprint density at radius 2 is 1.74 bits per heavy atom. The van der Waals surface area contributed by atoms with Crippen molar-refractivity contribution < 1.29 is 27.5 Å². The smallest absolute Gasteiger partial charge is 0.262 e.